The Morgan fingerprint density at radius 1 is 0.421 bits per heavy atom. The van der Waals surface area contributed by atoms with Crippen molar-refractivity contribution in [2.24, 2.45) is 0 Å². The van der Waals surface area contributed by atoms with Crippen molar-refractivity contribution in [3.63, 3.8) is 0 Å². The largest absolute Gasteiger partial charge is 0.122 e. The lowest BCUT2D eigenvalue weighted by Gasteiger charge is -2.03. The Kier molecular flexibility index (Phi) is 18.8. The lowest BCUT2D eigenvalue weighted by atomic mass is 10.1. The van der Waals surface area contributed by atoms with E-state index in [4.69, 9.17) is 0 Å². The van der Waals surface area contributed by atoms with Gasteiger partial charge in [-0.1, -0.05) is 90.9 Å². The molecule has 0 aromatic heterocycles. The topological polar surface area (TPSA) is 0 Å². The zero-order valence-corrected chi connectivity index (χ0v) is 14.8. The molecule has 0 aliphatic rings. The molecule has 0 bridgehead atoms. The van der Waals surface area contributed by atoms with Gasteiger partial charge in [0.1, 0.15) is 0 Å². The minimum atomic E-state index is 1.26. The SMILES string of the molecule is CCCCCCCCCCCCPCCCCCC. The average molecular weight is 286 g/mol. The minimum absolute atomic E-state index is 1.26. The first kappa shape index (κ1) is 19.4. The molecule has 0 nitrogen and oxygen atoms in total. The average Bonchev–Trinajstić information content (AvgIpc) is 2.43. The van der Waals surface area contributed by atoms with E-state index in [0.29, 0.717) is 0 Å². The molecule has 0 heterocycles. The summed E-state index contributed by atoms with van der Waals surface area (Å²) in [6.45, 7) is 4.59. The summed E-state index contributed by atoms with van der Waals surface area (Å²) in [5.41, 5.74) is 0. The molecule has 0 N–H and O–H groups in total. The maximum Gasteiger partial charge on any atom is -0.0353 e. The molecule has 0 aromatic rings. The molecular weight excluding hydrogens is 247 g/mol. The van der Waals surface area contributed by atoms with Crippen molar-refractivity contribution in [2.75, 3.05) is 12.3 Å². The predicted molar refractivity (Wildman–Crippen MR) is 94.0 cm³/mol. The van der Waals surface area contributed by atoms with E-state index >= 15 is 0 Å². The number of hydrogen-bond acceptors (Lipinski definition) is 0. The Morgan fingerprint density at radius 2 is 0.737 bits per heavy atom. The van der Waals surface area contributed by atoms with E-state index < -0.39 is 0 Å². The summed E-state index contributed by atoms with van der Waals surface area (Å²) in [5.74, 6) is 0. The van der Waals surface area contributed by atoms with Crippen molar-refractivity contribution in [2.45, 2.75) is 104 Å². The Bertz CT molecular complexity index is 129. The van der Waals surface area contributed by atoms with Crippen LogP contribution >= 0.6 is 8.58 Å². The minimum Gasteiger partial charge on any atom is -0.122 e. The highest BCUT2D eigenvalue weighted by Gasteiger charge is 1.93. The molecule has 0 saturated carbocycles. The molecule has 0 aromatic carbocycles. The number of rotatable bonds is 16. The van der Waals surface area contributed by atoms with E-state index in [1.54, 1.807) is 0 Å². The van der Waals surface area contributed by atoms with E-state index in [9.17, 15) is 0 Å². The van der Waals surface area contributed by atoms with Crippen LogP contribution in [0.3, 0.4) is 0 Å². The molecule has 0 fully saturated rings. The molecule has 0 spiro atoms. The standard InChI is InChI=1S/C18H39P/c1-3-5-7-9-10-11-12-13-14-16-18-19-17-15-8-6-4-2/h19H,3-18H2,1-2H3. The van der Waals surface area contributed by atoms with Gasteiger partial charge in [0.05, 0.1) is 0 Å². The van der Waals surface area contributed by atoms with Gasteiger partial charge in [0.2, 0.25) is 0 Å². The second-order valence-corrected chi connectivity index (χ2v) is 7.49. The second kappa shape index (κ2) is 18.4. The van der Waals surface area contributed by atoms with Gasteiger partial charge in [-0.2, -0.15) is 0 Å². The van der Waals surface area contributed by atoms with Crippen LogP contribution in [0, 0.1) is 0 Å². The van der Waals surface area contributed by atoms with Crippen molar-refractivity contribution in [1.82, 2.24) is 0 Å². The number of hydrogen-bond donors (Lipinski definition) is 0. The highest BCUT2D eigenvalue weighted by Crippen LogP contribution is 2.17. The molecule has 1 atom stereocenters. The van der Waals surface area contributed by atoms with Crippen molar-refractivity contribution < 1.29 is 0 Å². The third-order valence-electron chi connectivity index (χ3n) is 3.91. The maximum absolute atomic E-state index is 2.30. The highest BCUT2D eigenvalue weighted by atomic mass is 31.1. The zero-order chi connectivity index (χ0) is 14.0. The summed E-state index contributed by atoms with van der Waals surface area (Å²) < 4.78 is 0. The first-order valence-electron chi connectivity index (χ1n) is 9.12. The molecule has 1 heteroatoms. The van der Waals surface area contributed by atoms with Gasteiger partial charge in [0.15, 0.2) is 0 Å². The number of unbranched alkanes of at least 4 members (excludes halogenated alkanes) is 12. The van der Waals surface area contributed by atoms with Crippen LogP contribution < -0.4 is 0 Å². The highest BCUT2D eigenvalue weighted by molar-refractivity contribution is 7.37. The molecule has 0 aliphatic carbocycles. The summed E-state index contributed by atoms with van der Waals surface area (Å²) in [7, 11) is 1.26. The predicted octanol–water partition coefficient (Wildman–Crippen LogP) is 7.17. The van der Waals surface area contributed by atoms with Gasteiger partial charge in [-0.25, -0.2) is 0 Å². The third kappa shape index (κ3) is 18.4. The van der Waals surface area contributed by atoms with Gasteiger partial charge in [-0.3, -0.25) is 0 Å². The first-order chi connectivity index (χ1) is 9.41. The van der Waals surface area contributed by atoms with Crippen molar-refractivity contribution in [3.8, 4) is 0 Å². The van der Waals surface area contributed by atoms with Crippen LogP contribution in [0.4, 0.5) is 0 Å². The summed E-state index contributed by atoms with van der Waals surface area (Å²) in [5, 5.41) is 0. The van der Waals surface area contributed by atoms with Crippen LogP contribution in [0.2, 0.25) is 0 Å². The van der Waals surface area contributed by atoms with Gasteiger partial charge >= 0.3 is 0 Å². The van der Waals surface area contributed by atoms with E-state index in [-0.39, 0.29) is 0 Å². The molecule has 0 rings (SSSR count). The molecule has 0 amide bonds. The fourth-order valence-electron chi connectivity index (χ4n) is 2.54. The zero-order valence-electron chi connectivity index (χ0n) is 13.8. The molecule has 19 heavy (non-hydrogen) atoms. The molecular formula is C18H39P. The van der Waals surface area contributed by atoms with Crippen LogP contribution in [0.15, 0.2) is 0 Å². The van der Waals surface area contributed by atoms with Gasteiger partial charge in [0.25, 0.3) is 0 Å². The Labute approximate surface area is 125 Å². The van der Waals surface area contributed by atoms with E-state index in [1.807, 2.05) is 0 Å². The normalized spacial score (nSPS) is 11.7. The summed E-state index contributed by atoms with van der Waals surface area (Å²) in [6.07, 6.45) is 23.5. The van der Waals surface area contributed by atoms with Crippen LogP contribution in [0.1, 0.15) is 104 Å². The van der Waals surface area contributed by atoms with E-state index in [2.05, 4.69) is 13.8 Å². The van der Waals surface area contributed by atoms with Crippen molar-refractivity contribution >= 4 is 8.58 Å². The monoisotopic (exact) mass is 286 g/mol. The van der Waals surface area contributed by atoms with E-state index in [0.717, 1.165) is 0 Å². The summed E-state index contributed by atoms with van der Waals surface area (Å²) in [6, 6.07) is 0. The maximum atomic E-state index is 2.30. The Balaban J connectivity index is 2.88. The second-order valence-electron chi connectivity index (χ2n) is 5.99. The van der Waals surface area contributed by atoms with Crippen LogP contribution in [-0.4, -0.2) is 12.3 Å². The quantitative estimate of drug-likeness (QED) is 0.208. The Hall–Kier alpha value is 0.430. The van der Waals surface area contributed by atoms with E-state index in [1.165, 1.54) is 111 Å². The van der Waals surface area contributed by atoms with Crippen LogP contribution in [0.25, 0.3) is 0 Å². The summed E-state index contributed by atoms with van der Waals surface area (Å²) in [4.78, 5) is 0. The fourth-order valence-corrected chi connectivity index (χ4v) is 3.79. The molecule has 116 valence electrons. The van der Waals surface area contributed by atoms with Crippen molar-refractivity contribution in [1.29, 1.82) is 0 Å². The van der Waals surface area contributed by atoms with Gasteiger partial charge in [-0.15, -0.1) is 8.58 Å². The smallest absolute Gasteiger partial charge is 0.0353 e. The van der Waals surface area contributed by atoms with Gasteiger partial charge in [0, 0.05) is 0 Å². The van der Waals surface area contributed by atoms with Gasteiger partial charge < -0.3 is 0 Å². The molecule has 1 unspecified atom stereocenters. The van der Waals surface area contributed by atoms with Crippen molar-refractivity contribution in [3.05, 3.63) is 0 Å². The lowest BCUT2D eigenvalue weighted by Crippen LogP contribution is -1.85. The van der Waals surface area contributed by atoms with Crippen LogP contribution in [0.5, 0.6) is 0 Å². The first-order valence-corrected chi connectivity index (χ1v) is 10.5. The fraction of sp³-hybridized carbons (Fsp3) is 1.00. The third-order valence-corrected chi connectivity index (χ3v) is 5.33. The molecule has 0 saturated heterocycles. The molecule has 0 radical (unpaired) electrons. The van der Waals surface area contributed by atoms with Crippen LogP contribution in [-0.2, 0) is 0 Å². The molecule has 0 aliphatic heterocycles. The lowest BCUT2D eigenvalue weighted by molar-refractivity contribution is 0.563. The summed E-state index contributed by atoms with van der Waals surface area (Å²) >= 11 is 0. The Morgan fingerprint density at radius 3 is 1.16 bits per heavy atom. The van der Waals surface area contributed by atoms with Gasteiger partial charge in [-0.05, 0) is 25.2 Å².